The third-order valence-electron chi connectivity index (χ3n) is 6.81. The third kappa shape index (κ3) is 4.71. The fourth-order valence-corrected chi connectivity index (χ4v) is 5.21. The topological polar surface area (TPSA) is 38.8 Å². The molecule has 0 unspecified atom stereocenters. The maximum Gasteiger partial charge on any atom is 0.219 e. The van der Waals surface area contributed by atoms with Crippen LogP contribution in [0.4, 0.5) is 0 Å². The Kier molecular flexibility index (Phi) is 6.11. The number of carbonyl (C=O) groups excluding carboxylic acids is 1. The predicted molar refractivity (Wildman–Crippen MR) is 109 cm³/mol. The van der Waals surface area contributed by atoms with E-state index in [1.165, 1.54) is 37.8 Å². The van der Waals surface area contributed by atoms with E-state index in [9.17, 15) is 4.79 Å². The Balaban J connectivity index is 1.21. The molecule has 2 atom stereocenters. The molecule has 3 aliphatic heterocycles. The van der Waals surface area contributed by atoms with Crippen LogP contribution in [0.3, 0.4) is 0 Å². The first-order chi connectivity index (χ1) is 13.2. The van der Waals surface area contributed by atoms with Crippen LogP contribution >= 0.6 is 0 Å². The van der Waals surface area contributed by atoms with E-state index < -0.39 is 0 Å². The maximum absolute atomic E-state index is 11.5. The van der Waals surface area contributed by atoms with Gasteiger partial charge in [0.05, 0.1) is 0 Å². The highest BCUT2D eigenvalue weighted by Gasteiger charge is 2.40. The Bertz CT molecular complexity index is 600. The smallest absolute Gasteiger partial charge is 0.219 e. The van der Waals surface area contributed by atoms with E-state index in [0.717, 1.165) is 51.4 Å². The van der Waals surface area contributed by atoms with Gasteiger partial charge >= 0.3 is 0 Å². The molecule has 1 amide bonds. The number of nitrogens with one attached hydrogen (secondary N) is 1. The minimum Gasteiger partial charge on any atom is -0.340 e. The molecule has 0 radical (unpaired) electrons. The molecule has 3 heterocycles. The molecule has 1 aromatic rings. The highest BCUT2D eigenvalue weighted by atomic mass is 16.2. The molecular weight excluding hydrogens is 336 g/mol. The lowest BCUT2D eigenvalue weighted by molar-refractivity contribution is -0.130. The van der Waals surface area contributed by atoms with Crippen molar-refractivity contribution in [1.82, 2.24) is 20.0 Å². The lowest BCUT2D eigenvalue weighted by Crippen LogP contribution is -2.53. The number of piperazine rings is 1. The van der Waals surface area contributed by atoms with Gasteiger partial charge in [-0.25, -0.2) is 0 Å². The van der Waals surface area contributed by atoms with Crippen molar-refractivity contribution < 1.29 is 4.79 Å². The van der Waals surface area contributed by atoms with Gasteiger partial charge < -0.3 is 10.2 Å². The van der Waals surface area contributed by atoms with Crippen LogP contribution in [0.1, 0.15) is 38.2 Å². The van der Waals surface area contributed by atoms with Crippen LogP contribution < -0.4 is 5.32 Å². The van der Waals surface area contributed by atoms with Crippen molar-refractivity contribution in [3.63, 3.8) is 0 Å². The van der Waals surface area contributed by atoms with Crippen molar-refractivity contribution in [3.8, 4) is 0 Å². The van der Waals surface area contributed by atoms with Crippen molar-refractivity contribution >= 4 is 5.91 Å². The standard InChI is InChI=1S/C22H34N4O/c1-18(27)25-12-9-24(10-13-25)11-14-26-21-7-8-22(26)16-20(15-21)23-17-19-5-3-2-4-6-19/h2-6,20-23H,7-17H2,1H3/t21-,22-/m0/s1. The van der Waals surface area contributed by atoms with E-state index >= 15 is 0 Å². The molecule has 0 saturated carbocycles. The molecule has 4 rings (SSSR count). The second-order valence-electron chi connectivity index (χ2n) is 8.51. The highest BCUT2D eigenvalue weighted by Crippen LogP contribution is 2.35. The summed E-state index contributed by atoms with van der Waals surface area (Å²) < 4.78 is 0. The Morgan fingerprint density at radius 1 is 1.00 bits per heavy atom. The quantitative estimate of drug-likeness (QED) is 0.831. The number of rotatable bonds is 6. The lowest BCUT2D eigenvalue weighted by atomic mass is 9.97. The molecular formula is C22H34N4O. The van der Waals surface area contributed by atoms with E-state index in [1.54, 1.807) is 6.92 Å². The number of hydrogen-bond acceptors (Lipinski definition) is 4. The predicted octanol–water partition coefficient (Wildman–Crippen LogP) is 1.94. The minimum atomic E-state index is 0.220. The average Bonchev–Trinajstić information content (AvgIpc) is 2.93. The number of carbonyl (C=O) groups is 1. The molecule has 0 spiro atoms. The molecule has 0 aliphatic carbocycles. The number of fused-ring (bicyclic) bond motifs is 2. The second-order valence-corrected chi connectivity index (χ2v) is 8.51. The number of piperidine rings is 1. The number of amides is 1. The SMILES string of the molecule is CC(=O)N1CCN(CCN2[C@H]3CC[C@H]2CC(NCc2ccccc2)C3)CC1. The van der Waals surface area contributed by atoms with Crippen LogP contribution in [0.25, 0.3) is 0 Å². The zero-order valence-electron chi connectivity index (χ0n) is 16.6. The summed E-state index contributed by atoms with van der Waals surface area (Å²) in [6, 6.07) is 12.9. The summed E-state index contributed by atoms with van der Waals surface area (Å²) >= 11 is 0. The first-order valence-electron chi connectivity index (χ1n) is 10.7. The fraction of sp³-hybridized carbons (Fsp3) is 0.682. The van der Waals surface area contributed by atoms with Gasteiger partial charge in [-0.3, -0.25) is 14.6 Å². The Morgan fingerprint density at radius 3 is 2.30 bits per heavy atom. The molecule has 148 valence electrons. The van der Waals surface area contributed by atoms with E-state index in [1.807, 2.05) is 4.90 Å². The van der Waals surface area contributed by atoms with Crippen LogP contribution in [0.15, 0.2) is 30.3 Å². The van der Waals surface area contributed by atoms with Crippen LogP contribution in [-0.4, -0.2) is 78.0 Å². The van der Waals surface area contributed by atoms with Crippen LogP contribution in [-0.2, 0) is 11.3 Å². The summed E-state index contributed by atoms with van der Waals surface area (Å²) in [5, 5.41) is 3.81. The Morgan fingerprint density at radius 2 is 1.67 bits per heavy atom. The molecule has 2 bridgehead atoms. The molecule has 3 aliphatic rings. The Labute approximate surface area is 163 Å². The van der Waals surface area contributed by atoms with E-state index in [0.29, 0.717) is 6.04 Å². The molecule has 0 aromatic heterocycles. The van der Waals surface area contributed by atoms with Crippen molar-refractivity contribution in [2.24, 2.45) is 0 Å². The van der Waals surface area contributed by atoms with Gasteiger partial charge in [-0.05, 0) is 31.2 Å². The normalized spacial score (nSPS) is 29.2. The molecule has 1 aromatic carbocycles. The third-order valence-corrected chi connectivity index (χ3v) is 6.81. The van der Waals surface area contributed by atoms with Gasteiger partial charge in [0.2, 0.25) is 5.91 Å². The molecule has 5 nitrogen and oxygen atoms in total. The molecule has 3 saturated heterocycles. The number of benzene rings is 1. The number of hydrogen-bond donors (Lipinski definition) is 1. The van der Waals surface area contributed by atoms with Crippen molar-refractivity contribution in [2.75, 3.05) is 39.3 Å². The summed E-state index contributed by atoms with van der Waals surface area (Å²) in [4.78, 5) is 18.8. The van der Waals surface area contributed by atoms with Gasteiger partial charge in [-0.1, -0.05) is 30.3 Å². The zero-order chi connectivity index (χ0) is 18.6. The average molecular weight is 371 g/mol. The van der Waals surface area contributed by atoms with Crippen LogP contribution in [0.5, 0.6) is 0 Å². The van der Waals surface area contributed by atoms with Gasteiger partial charge in [0.1, 0.15) is 0 Å². The zero-order valence-corrected chi connectivity index (χ0v) is 16.6. The minimum absolute atomic E-state index is 0.220. The lowest BCUT2D eigenvalue weighted by Gasteiger charge is -2.41. The van der Waals surface area contributed by atoms with Crippen molar-refractivity contribution in [1.29, 1.82) is 0 Å². The highest BCUT2D eigenvalue weighted by molar-refractivity contribution is 5.73. The Hall–Kier alpha value is -1.43. The summed E-state index contributed by atoms with van der Waals surface area (Å²) in [6.07, 6.45) is 5.32. The summed E-state index contributed by atoms with van der Waals surface area (Å²) in [7, 11) is 0. The fourth-order valence-electron chi connectivity index (χ4n) is 5.21. The monoisotopic (exact) mass is 370 g/mol. The van der Waals surface area contributed by atoms with Crippen LogP contribution in [0.2, 0.25) is 0 Å². The van der Waals surface area contributed by atoms with Crippen LogP contribution in [0, 0.1) is 0 Å². The van der Waals surface area contributed by atoms with Gasteiger partial charge in [-0.2, -0.15) is 0 Å². The first-order valence-corrected chi connectivity index (χ1v) is 10.7. The molecule has 1 N–H and O–H groups in total. The maximum atomic E-state index is 11.5. The largest absolute Gasteiger partial charge is 0.340 e. The van der Waals surface area contributed by atoms with Gasteiger partial charge in [0.15, 0.2) is 0 Å². The van der Waals surface area contributed by atoms with Gasteiger partial charge in [0.25, 0.3) is 0 Å². The second kappa shape index (κ2) is 8.72. The summed E-state index contributed by atoms with van der Waals surface area (Å²) in [5.74, 6) is 0.220. The van der Waals surface area contributed by atoms with Crippen molar-refractivity contribution in [2.45, 2.75) is 57.3 Å². The van der Waals surface area contributed by atoms with Crippen molar-refractivity contribution in [3.05, 3.63) is 35.9 Å². The van der Waals surface area contributed by atoms with Gasteiger partial charge in [0, 0.05) is 70.9 Å². The van der Waals surface area contributed by atoms with E-state index in [-0.39, 0.29) is 5.91 Å². The van der Waals surface area contributed by atoms with Gasteiger partial charge in [-0.15, -0.1) is 0 Å². The summed E-state index contributed by atoms with van der Waals surface area (Å²) in [5.41, 5.74) is 1.39. The summed E-state index contributed by atoms with van der Waals surface area (Å²) in [6.45, 7) is 8.88. The molecule has 3 fully saturated rings. The van der Waals surface area contributed by atoms with E-state index in [4.69, 9.17) is 0 Å². The van der Waals surface area contributed by atoms with E-state index in [2.05, 4.69) is 45.4 Å². The number of nitrogens with zero attached hydrogens (tertiary/aromatic N) is 3. The first kappa shape index (κ1) is 18.9. The molecule has 5 heteroatoms. The molecule has 27 heavy (non-hydrogen) atoms.